The Morgan fingerprint density at radius 3 is 2.41 bits per heavy atom. The highest BCUT2D eigenvalue weighted by molar-refractivity contribution is 7.07. The molecule has 0 saturated carbocycles. The molecule has 3 amide bonds. The lowest BCUT2D eigenvalue weighted by atomic mass is 9.96. The van der Waals surface area contributed by atoms with Gasteiger partial charge in [-0.2, -0.15) is 0 Å². The molecule has 1 saturated heterocycles. The SMILES string of the molecule is CCc1ccc(NC(=O)C(=O)NCC2CCN(C(=O)c3snnc3C)CC2)cc1. The predicted octanol–water partition coefficient (Wildman–Crippen LogP) is 2.02. The molecule has 1 aromatic carbocycles. The van der Waals surface area contributed by atoms with Gasteiger partial charge in [-0.1, -0.05) is 23.5 Å². The van der Waals surface area contributed by atoms with Crippen LogP contribution in [0.1, 0.15) is 40.7 Å². The van der Waals surface area contributed by atoms with E-state index in [1.54, 1.807) is 24.0 Å². The van der Waals surface area contributed by atoms with Gasteiger partial charge in [0.05, 0.1) is 5.69 Å². The quantitative estimate of drug-likeness (QED) is 0.727. The van der Waals surface area contributed by atoms with Crippen LogP contribution in [0, 0.1) is 12.8 Å². The average molecular weight is 416 g/mol. The molecule has 3 rings (SSSR count). The summed E-state index contributed by atoms with van der Waals surface area (Å²) in [6.07, 6.45) is 2.47. The molecule has 1 aromatic heterocycles. The van der Waals surface area contributed by atoms with Crippen molar-refractivity contribution in [1.29, 1.82) is 0 Å². The maximum Gasteiger partial charge on any atom is 0.313 e. The Bertz CT molecular complexity index is 872. The fraction of sp³-hybridized carbons (Fsp3) is 0.450. The summed E-state index contributed by atoms with van der Waals surface area (Å²) < 4.78 is 3.82. The highest BCUT2D eigenvalue weighted by Crippen LogP contribution is 2.20. The van der Waals surface area contributed by atoms with Crippen molar-refractivity contribution in [2.24, 2.45) is 5.92 Å². The first-order chi connectivity index (χ1) is 14.0. The number of amides is 3. The van der Waals surface area contributed by atoms with Crippen molar-refractivity contribution in [1.82, 2.24) is 19.8 Å². The molecule has 2 aromatic rings. The summed E-state index contributed by atoms with van der Waals surface area (Å²) in [5, 5.41) is 9.20. The van der Waals surface area contributed by atoms with Crippen LogP contribution >= 0.6 is 11.5 Å². The van der Waals surface area contributed by atoms with E-state index in [2.05, 4.69) is 27.1 Å². The third kappa shape index (κ3) is 5.38. The zero-order valence-electron chi connectivity index (χ0n) is 16.6. The van der Waals surface area contributed by atoms with Crippen LogP contribution in [0.25, 0.3) is 0 Å². The number of nitrogens with zero attached hydrogens (tertiary/aromatic N) is 3. The first kappa shape index (κ1) is 20.9. The molecule has 2 heterocycles. The van der Waals surface area contributed by atoms with Crippen molar-refractivity contribution in [3.8, 4) is 0 Å². The van der Waals surface area contributed by atoms with Crippen molar-refractivity contribution in [2.75, 3.05) is 25.0 Å². The van der Waals surface area contributed by atoms with Crippen molar-refractivity contribution >= 4 is 34.9 Å². The number of nitrogens with one attached hydrogen (secondary N) is 2. The number of hydrogen-bond donors (Lipinski definition) is 2. The van der Waals surface area contributed by atoms with E-state index in [1.807, 2.05) is 12.1 Å². The largest absolute Gasteiger partial charge is 0.348 e. The number of carbonyl (C=O) groups excluding carboxylic acids is 3. The molecule has 0 radical (unpaired) electrons. The maximum atomic E-state index is 12.5. The number of piperidine rings is 1. The van der Waals surface area contributed by atoms with Gasteiger partial charge in [-0.15, -0.1) is 5.10 Å². The first-order valence-corrected chi connectivity index (χ1v) is 10.5. The molecule has 0 aliphatic carbocycles. The van der Waals surface area contributed by atoms with Crippen LogP contribution in [-0.2, 0) is 16.0 Å². The van der Waals surface area contributed by atoms with E-state index < -0.39 is 11.8 Å². The number of hydrogen-bond acceptors (Lipinski definition) is 6. The normalized spacial score (nSPS) is 14.5. The number of rotatable bonds is 5. The number of likely N-dealkylation sites (tertiary alicyclic amines) is 1. The zero-order valence-corrected chi connectivity index (χ0v) is 17.4. The van der Waals surface area contributed by atoms with E-state index in [0.717, 1.165) is 30.8 Å². The predicted molar refractivity (Wildman–Crippen MR) is 111 cm³/mol. The molecule has 154 valence electrons. The Hall–Kier alpha value is -2.81. The Labute approximate surface area is 173 Å². The van der Waals surface area contributed by atoms with Crippen molar-refractivity contribution in [3.05, 3.63) is 40.4 Å². The van der Waals surface area contributed by atoms with Crippen LogP contribution in [0.3, 0.4) is 0 Å². The number of benzene rings is 1. The summed E-state index contributed by atoms with van der Waals surface area (Å²) in [4.78, 5) is 39.0. The maximum absolute atomic E-state index is 12.5. The molecule has 1 aliphatic heterocycles. The van der Waals surface area contributed by atoms with Gasteiger partial charge in [-0.3, -0.25) is 14.4 Å². The van der Waals surface area contributed by atoms with Gasteiger partial charge in [-0.05, 0) is 61.3 Å². The lowest BCUT2D eigenvalue weighted by Gasteiger charge is -2.31. The smallest absolute Gasteiger partial charge is 0.313 e. The summed E-state index contributed by atoms with van der Waals surface area (Å²) in [6.45, 7) is 5.49. The molecule has 8 nitrogen and oxygen atoms in total. The molecule has 0 bridgehead atoms. The van der Waals surface area contributed by atoms with Crippen LogP contribution in [0.5, 0.6) is 0 Å². The van der Waals surface area contributed by atoms with Crippen molar-refractivity contribution in [2.45, 2.75) is 33.1 Å². The van der Waals surface area contributed by atoms with Crippen LogP contribution in [-0.4, -0.2) is 51.8 Å². The molecule has 2 N–H and O–H groups in total. The van der Waals surface area contributed by atoms with Crippen LogP contribution in [0.15, 0.2) is 24.3 Å². The molecular weight excluding hydrogens is 390 g/mol. The second-order valence-electron chi connectivity index (χ2n) is 7.14. The average Bonchev–Trinajstić information content (AvgIpc) is 3.18. The molecule has 0 spiro atoms. The molecule has 29 heavy (non-hydrogen) atoms. The van der Waals surface area contributed by atoms with Crippen LogP contribution in [0.4, 0.5) is 5.69 Å². The topological polar surface area (TPSA) is 104 Å². The van der Waals surface area contributed by atoms with E-state index in [0.29, 0.717) is 35.9 Å². The van der Waals surface area contributed by atoms with Crippen LogP contribution in [0.2, 0.25) is 0 Å². The third-order valence-electron chi connectivity index (χ3n) is 5.13. The molecule has 0 atom stereocenters. The lowest BCUT2D eigenvalue weighted by molar-refractivity contribution is -0.136. The lowest BCUT2D eigenvalue weighted by Crippen LogP contribution is -2.43. The number of anilines is 1. The van der Waals surface area contributed by atoms with Gasteiger partial charge in [-0.25, -0.2) is 0 Å². The van der Waals surface area contributed by atoms with Crippen LogP contribution < -0.4 is 10.6 Å². The van der Waals surface area contributed by atoms with E-state index in [1.165, 1.54) is 5.56 Å². The second kappa shape index (κ2) is 9.60. The van der Waals surface area contributed by atoms with E-state index in [4.69, 9.17) is 0 Å². The molecular formula is C20H25N5O3S. The Kier molecular flexibility index (Phi) is 6.92. The van der Waals surface area contributed by atoms with Gasteiger partial charge in [0, 0.05) is 25.3 Å². The van der Waals surface area contributed by atoms with Gasteiger partial charge < -0.3 is 15.5 Å². The van der Waals surface area contributed by atoms with E-state index in [9.17, 15) is 14.4 Å². The number of aryl methyl sites for hydroxylation is 2. The summed E-state index contributed by atoms with van der Waals surface area (Å²) in [7, 11) is 0. The minimum absolute atomic E-state index is 0.0338. The molecule has 0 unspecified atom stereocenters. The van der Waals surface area contributed by atoms with E-state index in [-0.39, 0.29) is 11.8 Å². The van der Waals surface area contributed by atoms with Gasteiger partial charge in [0.25, 0.3) is 5.91 Å². The standard InChI is InChI=1S/C20H25N5O3S/c1-3-14-4-6-16(7-5-14)22-19(27)18(26)21-12-15-8-10-25(11-9-15)20(28)17-13(2)23-24-29-17/h4-7,15H,3,8-12H2,1-2H3,(H,21,26)(H,22,27). The fourth-order valence-corrected chi connectivity index (χ4v) is 3.87. The Morgan fingerprint density at radius 1 is 1.14 bits per heavy atom. The summed E-state index contributed by atoms with van der Waals surface area (Å²) in [6, 6.07) is 7.42. The minimum Gasteiger partial charge on any atom is -0.348 e. The third-order valence-corrected chi connectivity index (χ3v) is 5.94. The summed E-state index contributed by atoms with van der Waals surface area (Å²) in [5.74, 6) is -1.11. The van der Waals surface area contributed by atoms with E-state index >= 15 is 0 Å². The van der Waals surface area contributed by atoms with Gasteiger partial charge in [0.15, 0.2) is 0 Å². The summed E-state index contributed by atoms with van der Waals surface area (Å²) in [5.41, 5.74) is 2.42. The first-order valence-electron chi connectivity index (χ1n) is 9.74. The van der Waals surface area contributed by atoms with Gasteiger partial charge >= 0.3 is 11.8 Å². The summed E-state index contributed by atoms with van der Waals surface area (Å²) >= 11 is 1.12. The van der Waals surface area contributed by atoms with Gasteiger partial charge in [0.2, 0.25) is 0 Å². The molecule has 1 fully saturated rings. The monoisotopic (exact) mass is 415 g/mol. The number of carbonyl (C=O) groups is 3. The second-order valence-corrected chi connectivity index (χ2v) is 7.89. The molecule has 9 heteroatoms. The Balaban J connectivity index is 1.41. The zero-order chi connectivity index (χ0) is 20.8. The fourth-order valence-electron chi connectivity index (χ4n) is 3.24. The highest BCUT2D eigenvalue weighted by Gasteiger charge is 2.26. The van der Waals surface area contributed by atoms with Crippen molar-refractivity contribution < 1.29 is 14.4 Å². The molecule has 1 aliphatic rings. The number of aromatic nitrogens is 2. The highest BCUT2D eigenvalue weighted by atomic mass is 32.1. The van der Waals surface area contributed by atoms with Gasteiger partial charge in [0.1, 0.15) is 4.88 Å². The van der Waals surface area contributed by atoms with Crippen molar-refractivity contribution in [3.63, 3.8) is 0 Å². The Morgan fingerprint density at radius 2 is 1.83 bits per heavy atom. The minimum atomic E-state index is -0.671.